The highest BCUT2D eigenvalue weighted by Crippen LogP contribution is 2.54. The molecule has 14 heteroatoms. The van der Waals surface area contributed by atoms with Gasteiger partial charge in [0.2, 0.25) is 0 Å². The van der Waals surface area contributed by atoms with E-state index in [9.17, 15) is 9.90 Å². The summed E-state index contributed by atoms with van der Waals surface area (Å²) in [7, 11) is 2.05. The Balaban J connectivity index is 0.000000446. The van der Waals surface area contributed by atoms with Gasteiger partial charge in [-0.2, -0.15) is 10.2 Å². The molecule has 8 aliphatic heterocycles. The summed E-state index contributed by atoms with van der Waals surface area (Å²) in [6.45, 7) is 114. The molecule has 0 aromatic heterocycles. The molecule has 9 rings (SSSR count). The lowest BCUT2D eigenvalue weighted by atomic mass is 9.70. The van der Waals surface area contributed by atoms with Gasteiger partial charge in [0, 0.05) is 91.1 Å². The molecule has 0 bridgehead atoms. The lowest BCUT2D eigenvalue weighted by Gasteiger charge is -2.43. The van der Waals surface area contributed by atoms with Crippen molar-refractivity contribution in [2.45, 2.75) is 396 Å². The summed E-state index contributed by atoms with van der Waals surface area (Å²) in [6.07, 6.45) is 6.86. The fraction of sp³-hybridized carbons (Fsp3) is 0.832. The van der Waals surface area contributed by atoms with E-state index in [1.165, 1.54) is 64.3 Å². The van der Waals surface area contributed by atoms with Crippen LogP contribution in [0.5, 0.6) is 0 Å². The number of ketones is 1. The van der Waals surface area contributed by atoms with Crippen molar-refractivity contribution in [1.82, 2.24) is 0 Å². The zero-order chi connectivity index (χ0) is 90.5. The molecule has 1 unspecified atom stereocenters. The minimum Gasteiger partial charge on any atom is -0.497 e. The first-order valence-corrected chi connectivity index (χ1v) is 43.9. The van der Waals surface area contributed by atoms with E-state index in [0.29, 0.717) is 39.3 Å². The number of nitrogens with zero attached hydrogens (tertiary/aromatic N) is 4. The standard InChI is InChI=1S/C14H24O2.C14H26O2.C13H22O2.C13H24O.C12H23N2.C12H22O2.C12H22O.C11H20N2/c1-12(2,3)10-11(13(4,5)6)16-14(15-10)8-7-9-14;1-12(2,3)10-11(13(4,5)6)16-9-8-14(10,7)15;1-12(2,3)10-9(14)7-8-15-11(10)13(4,5)6;1-12(2,3)10-8-7-9-14-11(10)13(4,5)6;1-11(2,3)9-8-14(7)13-10(9)12(4,5)6;1-11(2,3)9-10(12(4,5)6)14-8-7-13-9;1-11(2,3)9-7-13-8-10(9)12(4,5)6;1-10(2,3)8-7-12-13-9(8)11(4,5)6/h7-9H2,1-6H3;15H,8-9H2,1-7H3;7-8H2,1-6H3;7-9H2,1-6H3;8H2,1-7H3;7-8H2,1-6H3;7-8H2,1-6H3;7H2,1-6H3/q;;;;+1;;;. The lowest BCUT2D eigenvalue weighted by molar-refractivity contribution is -0.550. The van der Waals surface area contributed by atoms with Gasteiger partial charge in [-0.05, 0) is 91.5 Å². The van der Waals surface area contributed by atoms with E-state index >= 15 is 0 Å². The summed E-state index contributed by atoms with van der Waals surface area (Å²) in [5.74, 6) is 7.16. The number of hydrogen-bond donors (Lipinski definition) is 1. The molecule has 1 N–H and O–H groups in total. The first kappa shape index (κ1) is 106. The van der Waals surface area contributed by atoms with Crippen LogP contribution in [0.1, 0.15) is 384 Å². The van der Waals surface area contributed by atoms with Crippen LogP contribution in [0, 0.1) is 86.6 Å². The molecule has 115 heavy (non-hydrogen) atoms. The summed E-state index contributed by atoms with van der Waals surface area (Å²) >= 11 is 0. The molecule has 1 saturated carbocycles. The minimum atomic E-state index is -0.737. The Hall–Kier alpha value is -4.69. The van der Waals surface area contributed by atoms with Crippen LogP contribution in [0.4, 0.5) is 0 Å². The molecule has 8 heterocycles. The summed E-state index contributed by atoms with van der Waals surface area (Å²) in [4.78, 5) is 12.0. The Kier molecular flexibility index (Phi) is 34.9. The molecule has 1 fully saturated rings. The fourth-order valence-corrected chi connectivity index (χ4v) is 15.2. The van der Waals surface area contributed by atoms with E-state index in [4.69, 9.17) is 37.9 Å². The topological polar surface area (TPSA) is 151 Å². The molecule has 9 aliphatic rings. The molecule has 0 radical (unpaired) electrons. The Bertz CT molecular complexity index is 3440. The van der Waals surface area contributed by atoms with Crippen LogP contribution in [-0.4, -0.2) is 93.4 Å². The van der Waals surface area contributed by atoms with Gasteiger partial charge in [0.25, 0.3) is 5.79 Å². The number of aliphatic hydroxyl groups is 1. The molecule has 0 saturated heterocycles. The van der Waals surface area contributed by atoms with E-state index in [0.717, 1.165) is 91.5 Å². The van der Waals surface area contributed by atoms with Gasteiger partial charge >= 0.3 is 0 Å². The van der Waals surface area contributed by atoms with Crippen molar-refractivity contribution >= 4 is 5.78 Å². The summed E-state index contributed by atoms with van der Waals surface area (Å²) in [6, 6.07) is 0. The van der Waals surface area contributed by atoms with Crippen molar-refractivity contribution in [3.8, 4) is 0 Å². The maximum atomic E-state index is 12.0. The van der Waals surface area contributed by atoms with E-state index < -0.39 is 5.60 Å². The maximum Gasteiger partial charge on any atom is 0.250 e. The smallest absolute Gasteiger partial charge is 0.250 e. The number of carbonyl (C=O) groups excluding carboxylic acids is 1. The van der Waals surface area contributed by atoms with Crippen molar-refractivity contribution in [3.63, 3.8) is 0 Å². The van der Waals surface area contributed by atoms with E-state index in [2.05, 4.69) is 348 Å². The van der Waals surface area contributed by atoms with Gasteiger partial charge in [-0.1, -0.05) is 332 Å². The largest absolute Gasteiger partial charge is 0.497 e. The van der Waals surface area contributed by atoms with Gasteiger partial charge < -0.3 is 43.0 Å². The average molecular weight is 1610 g/mol. The lowest BCUT2D eigenvalue weighted by Crippen LogP contribution is -2.42. The van der Waals surface area contributed by atoms with Crippen LogP contribution in [0.15, 0.2) is 106 Å². The van der Waals surface area contributed by atoms with Gasteiger partial charge in [0.15, 0.2) is 19.4 Å². The number of rotatable bonds is 0. The van der Waals surface area contributed by atoms with Gasteiger partial charge in [-0.15, -0.1) is 4.70 Å². The van der Waals surface area contributed by atoms with Crippen LogP contribution < -0.4 is 0 Å². The Morgan fingerprint density at radius 3 is 0.965 bits per heavy atom. The third-order valence-corrected chi connectivity index (χ3v) is 21.2. The van der Waals surface area contributed by atoms with Crippen LogP contribution in [0.25, 0.3) is 0 Å². The predicted molar refractivity (Wildman–Crippen MR) is 484 cm³/mol. The molecule has 0 amide bonds. The SMILES string of the molecule is CC(C)(C)C1=C(C(C)(C)C)C(=O)CCO1.CC(C)(C)C1=C(C(C)(C)C)C(C)(O)CCO1.CC(C)(C)C1=C(C(C)(C)C)COC1.CC(C)(C)C1=C(C(C)(C)C)N=NC1.CC(C)(C)C1=C(C(C)(C)C)OC2(CCC2)O1.CC(C)(C)C1=C(C(C)(C)C)OCCC1.CC(C)(C)C1=C(C(C)(C)C)OCCO1.C[N+]1=NC(C(C)(C)C)=C(C(C)(C)C)C1. The van der Waals surface area contributed by atoms with Crippen LogP contribution in [0.3, 0.4) is 0 Å². The van der Waals surface area contributed by atoms with Crippen molar-refractivity contribution in [2.24, 2.45) is 102 Å². The predicted octanol–water partition coefficient (Wildman–Crippen LogP) is 29.2. The number of allylic oxidation sites excluding steroid dienone is 11. The number of Topliss-reactive ketones (excluding diaryl/α,β-unsaturated/α-hetero) is 1. The molecule has 1 aliphatic carbocycles. The second kappa shape index (κ2) is 37.7. The highest BCUT2D eigenvalue weighted by atomic mass is 16.7. The zero-order valence-corrected chi connectivity index (χ0v) is 84.7. The molecular weight excluding hydrogens is 1430 g/mol. The normalized spacial score (nSPS) is 21.1. The quantitative estimate of drug-likeness (QED) is 0.183. The van der Waals surface area contributed by atoms with Gasteiger partial charge in [0.1, 0.15) is 59.2 Å². The molecule has 1 spiro atoms. The summed E-state index contributed by atoms with van der Waals surface area (Å²) < 4.78 is 48.8. The van der Waals surface area contributed by atoms with Crippen molar-refractivity contribution < 1.29 is 52.5 Å². The Labute approximate surface area is 709 Å². The number of carbonyl (C=O) groups is 1. The molecule has 0 aromatic carbocycles. The molecule has 666 valence electrons. The highest BCUT2D eigenvalue weighted by Gasteiger charge is 2.53. The Morgan fingerprint density at radius 1 is 0.330 bits per heavy atom. The molecule has 14 nitrogen and oxygen atoms in total. The van der Waals surface area contributed by atoms with Gasteiger partial charge in [-0.3, -0.25) is 4.79 Å². The summed E-state index contributed by atoms with van der Waals surface area (Å²) in [5, 5.41) is 23.6. The highest BCUT2D eigenvalue weighted by molar-refractivity contribution is 5.97. The maximum absolute atomic E-state index is 12.0. The number of ether oxygens (including phenoxy) is 8. The first-order chi connectivity index (χ1) is 50.8. The minimum absolute atomic E-state index is 0.0295. The van der Waals surface area contributed by atoms with Crippen LogP contribution in [-0.2, 0) is 42.7 Å². The molecule has 0 aromatic rings. The fourth-order valence-electron chi connectivity index (χ4n) is 15.2. The van der Waals surface area contributed by atoms with Crippen LogP contribution >= 0.6 is 0 Å². The molecule has 1 atom stereocenters. The van der Waals surface area contributed by atoms with E-state index in [1.54, 1.807) is 0 Å². The Morgan fingerprint density at radius 2 is 0.687 bits per heavy atom. The second-order valence-corrected chi connectivity index (χ2v) is 50.5. The van der Waals surface area contributed by atoms with E-state index in [1.807, 2.05) is 18.7 Å². The third kappa shape index (κ3) is 32.0. The summed E-state index contributed by atoms with van der Waals surface area (Å²) in [5.41, 5.74) is 12.5. The molecular formula is C101H183N4O10+. The average Bonchev–Trinajstić information content (AvgIpc) is 1.60. The zero-order valence-electron chi connectivity index (χ0n) is 84.7. The number of hydrogen-bond acceptors (Lipinski definition) is 13. The number of likely N-dealkylation sites (N-methyl/N-ethyl adjacent to an activating group) is 1. The third-order valence-electron chi connectivity index (χ3n) is 21.2. The van der Waals surface area contributed by atoms with Crippen molar-refractivity contribution in [3.05, 3.63) is 90.7 Å². The number of azo groups is 3. The second-order valence-electron chi connectivity index (χ2n) is 50.5. The van der Waals surface area contributed by atoms with Crippen molar-refractivity contribution in [2.75, 3.05) is 66.4 Å². The van der Waals surface area contributed by atoms with E-state index in [-0.39, 0.29) is 98.2 Å². The first-order valence-electron chi connectivity index (χ1n) is 43.9. The monoisotopic (exact) mass is 1610 g/mol. The van der Waals surface area contributed by atoms with Gasteiger partial charge in [0.05, 0.1) is 50.9 Å². The van der Waals surface area contributed by atoms with Crippen molar-refractivity contribution in [1.29, 1.82) is 0 Å². The van der Waals surface area contributed by atoms with Crippen LogP contribution in [0.2, 0.25) is 0 Å². The van der Waals surface area contributed by atoms with Gasteiger partial charge in [-0.25, -0.2) is 0 Å².